The van der Waals surface area contributed by atoms with Crippen molar-refractivity contribution in [1.82, 2.24) is 0 Å². The first-order valence-corrected chi connectivity index (χ1v) is 4.89. The van der Waals surface area contributed by atoms with E-state index in [1.807, 2.05) is 6.08 Å². The molecule has 0 aliphatic heterocycles. The van der Waals surface area contributed by atoms with Crippen molar-refractivity contribution in [2.24, 2.45) is 5.41 Å². The van der Waals surface area contributed by atoms with Gasteiger partial charge in [-0.3, -0.25) is 4.79 Å². The molecular weight excluding hydrogens is 148 g/mol. The molecule has 68 valence electrons. The summed E-state index contributed by atoms with van der Waals surface area (Å²) in [5, 5.41) is 0. The van der Waals surface area contributed by atoms with Crippen LogP contribution in [0.3, 0.4) is 0 Å². The van der Waals surface area contributed by atoms with Gasteiger partial charge in [0.1, 0.15) is 5.78 Å². The van der Waals surface area contributed by atoms with Gasteiger partial charge in [-0.05, 0) is 25.7 Å². The Morgan fingerprint density at radius 2 is 2.33 bits per heavy atom. The Kier molecular flexibility index (Phi) is 3.07. The lowest BCUT2D eigenvalue weighted by Crippen LogP contribution is -2.33. The quantitative estimate of drug-likeness (QED) is 0.589. The highest BCUT2D eigenvalue weighted by Gasteiger charge is 2.36. The summed E-state index contributed by atoms with van der Waals surface area (Å²) in [6, 6.07) is 0. The summed E-state index contributed by atoms with van der Waals surface area (Å²) < 4.78 is 0. The summed E-state index contributed by atoms with van der Waals surface area (Å²) in [6.45, 7) is 5.85. The molecule has 0 unspecified atom stereocenters. The molecule has 1 rings (SSSR count). The summed E-state index contributed by atoms with van der Waals surface area (Å²) in [7, 11) is 0. The van der Waals surface area contributed by atoms with E-state index >= 15 is 0 Å². The van der Waals surface area contributed by atoms with Gasteiger partial charge in [0.25, 0.3) is 0 Å². The molecule has 1 aliphatic carbocycles. The monoisotopic (exact) mass is 166 g/mol. The average molecular weight is 166 g/mol. The van der Waals surface area contributed by atoms with Gasteiger partial charge in [-0.15, -0.1) is 6.58 Å². The van der Waals surface area contributed by atoms with Crippen molar-refractivity contribution < 1.29 is 4.79 Å². The van der Waals surface area contributed by atoms with Crippen molar-refractivity contribution >= 4 is 5.78 Å². The molecule has 1 nitrogen and oxygen atoms in total. The standard InChI is InChI=1S/C11H18O/c1-3-8-11(4-2)9-6-5-7-10(11)12/h3H,1,4-9H2,2H3/t11-/m1/s1. The molecule has 0 radical (unpaired) electrons. The van der Waals surface area contributed by atoms with Crippen molar-refractivity contribution in [3.8, 4) is 0 Å². The average Bonchev–Trinajstić information content (AvgIpc) is 2.10. The Labute approximate surface area is 74.9 Å². The second kappa shape index (κ2) is 3.88. The minimum Gasteiger partial charge on any atom is -0.299 e. The van der Waals surface area contributed by atoms with Crippen LogP contribution in [-0.4, -0.2) is 5.78 Å². The number of hydrogen-bond donors (Lipinski definition) is 0. The van der Waals surface area contributed by atoms with E-state index < -0.39 is 0 Å². The van der Waals surface area contributed by atoms with E-state index in [9.17, 15) is 4.79 Å². The van der Waals surface area contributed by atoms with Crippen LogP contribution in [0.4, 0.5) is 0 Å². The van der Waals surface area contributed by atoms with Crippen molar-refractivity contribution in [2.75, 3.05) is 0 Å². The molecule has 1 heteroatoms. The molecule has 0 bridgehead atoms. The molecule has 1 aliphatic rings. The molecular formula is C11H18O. The third-order valence-electron chi connectivity index (χ3n) is 3.11. The number of carbonyl (C=O) groups is 1. The smallest absolute Gasteiger partial charge is 0.139 e. The molecule has 1 fully saturated rings. The maximum absolute atomic E-state index is 11.7. The fraction of sp³-hybridized carbons (Fsp3) is 0.727. The number of carbonyl (C=O) groups excluding carboxylic acids is 1. The lowest BCUT2D eigenvalue weighted by Gasteiger charge is -2.33. The Morgan fingerprint density at radius 1 is 1.58 bits per heavy atom. The third kappa shape index (κ3) is 1.60. The summed E-state index contributed by atoms with van der Waals surface area (Å²) >= 11 is 0. The van der Waals surface area contributed by atoms with Gasteiger partial charge in [-0.1, -0.05) is 19.4 Å². The van der Waals surface area contributed by atoms with Crippen LogP contribution in [0.2, 0.25) is 0 Å². The normalized spacial score (nSPS) is 30.2. The van der Waals surface area contributed by atoms with Gasteiger partial charge in [0.15, 0.2) is 0 Å². The largest absolute Gasteiger partial charge is 0.299 e. The Hall–Kier alpha value is -0.590. The first-order chi connectivity index (χ1) is 5.75. The van der Waals surface area contributed by atoms with Gasteiger partial charge >= 0.3 is 0 Å². The molecule has 0 spiro atoms. The summed E-state index contributed by atoms with van der Waals surface area (Å²) in [5.74, 6) is 0.469. The summed E-state index contributed by atoms with van der Waals surface area (Å²) in [5.41, 5.74) is -0.0278. The van der Waals surface area contributed by atoms with E-state index in [2.05, 4.69) is 13.5 Å². The highest BCUT2D eigenvalue weighted by atomic mass is 16.1. The van der Waals surface area contributed by atoms with Crippen molar-refractivity contribution in [3.05, 3.63) is 12.7 Å². The predicted molar refractivity (Wildman–Crippen MR) is 51.0 cm³/mol. The SMILES string of the molecule is C=CC[C@]1(CC)CCCCC1=O. The van der Waals surface area contributed by atoms with Crippen LogP contribution in [0.25, 0.3) is 0 Å². The van der Waals surface area contributed by atoms with Crippen molar-refractivity contribution in [2.45, 2.75) is 45.4 Å². The number of rotatable bonds is 3. The van der Waals surface area contributed by atoms with Gasteiger partial charge in [0.2, 0.25) is 0 Å². The topological polar surface area (TPSA) is 17.1 Å². The van der Waals surface area contributed by atoms with Crippen LogP contribution in [0, 0.1) is 5.41 Å². The van der Waals surface area contributed by atoms with Gasteiger partial charge in [0, 0.05) is 11.8 Å². The van der Waals surface area contributed by atoms with Crippen molar-refractivity contribution in [3.63, 3.8) is 0 Å². The fourth-order valence-corrected chi connectivity index (χ4v) is 2.16. The molecule has 0 heterocycles. The van der Waals surface area contributed by atoms with Crippen LogP contribution in [0.1, 0.15) is 45.4 Å². The van der Waals surface area contributed by atoms with E-state index in [0.29, 0.717) is 5.78 Å². The van der Waals surface area contributed by atoms with E-state index in [0.717, 1.165) is 32.1 Å². The molecule has 0 N–H and O–H groups in total. The Balaban J connectivity index is 2.73. The lowest BCUT2D eigenvalue weighted by molar-refractivity contribution is -0.131. The van der Waals surface area contributed by atoms with Gasteiger partial charge in [-0.2, -0.15) is 0 Å². The minimum atomic E-state index is -0.0278. The number of Topliss-reactive ketones (excluding diaryl/α,β-unsaturated/α-hetero) is 1. The molecule has 0 saturated heterocycles. The highest BCUT2D eigenvalue weighted by Crippen LogP contribution is 2.39. The minimum absolute atomic E-state index is 0.0278. The predicted octanol–water partition coefficient (Wildman–Crippen LogP) is 3.10. The molecule has 0 aromatic carbocycles. The lowest BCUT2D eigenvalue weighted by atomic mass is 9.69. The summed E-state index contributed by atoms with van der Waals surface area (Å²) in [4.78, 5) is 11.7. The first kappa shape index (κ1) is 9.50. The van der Waals surface area contributed by atoms with Gasteiger partial charge < -0.3 is 0 Å². The van der Waals surface area contributed by atoms with E-state index in [1.54, 1.807) is 0 Å². The number of ketones is 1. The van der Waals surface area contributed by atoms with Crippen LogP contribution in [0.5, 0.6) is 0 Å². The van der Waals surface area contributed by atoms with E-state index in [-0.39, 0.29) is 5.41 Å². The Bertz CT molecular complexity index is 183. The Morgan fingerprint density at radius 3 is 2.83 bits per heavy atom. The maximum atomic E-state index is 11.7. The number of hydrogen-bond acceptors (Lipinski definition) is 1. The second-order valence-corrected chi connectivity index (χ2v) is 3.76. The zero-order valence-electron chi connectivity index (χ0n) is 7.94. The van der Waals surface area contributed by atoms with Crippen LogP contribution >= 0.6 is 0 Å². The van der Waals surface area contributed by atoms with Crippen LogP contribution < -0.4 is 0 Å². The van der Waals surface area contributed by atoms with Crippen LogP contribution in [0.15, 0.2) is 12.7 Å². The second-order valence-electron chi connectivity index (χ2n) is 3.76. The zero-order valence-corrected chi connectivity index (χ0v) is 7.94. The van der Waals surface area contributed by atoms with Gasteiger partial charge in [0.05, 0.1) is 0 Å². The number of allylic oxidation sites excluding steroid dienone is 1. The summed E-state index contributed by atoms with van der Waals surface area (Å²) in [6.07, 6.45) is 7.94. The van der Waals surface area contributed by atoms with Gasteiger partial charge in [-0.25, -0.2) is 0 Å². The highest BCUT2D eigenvalue weighted by molar-refractivity contribution is 5.85. The van der Waals surface area contributed by atoms with Crippen molar-refractivity contribution in [1.29, 1.82) is 0 Å². The third-order valence-corrected chi connectivity index (χ3v) is 3.11. The van der Waals surface area contributed by atoms with Crippen LogP contribution in [-0.2, 0) is 4.79 Å². The zero-order chi connectivity index (χ0) is 9.03. The maximum Gasteiger partial charge on any atom is 0.139 e. The first-order valence-electron chi connectivity index (χ1n) is 4.89. The molecule has 1 atom stereocenters. The van der Waals surface area contributed by atoms with E-state index in [1.165, 1.54) is 6.42 Å². The molecule has 0 amide bonds. The fourth-order valence-electron chi connectivity index (χ4n) is 2.16. The van der Waals surface area contributed by atoms with E-state index in [4.69, 9.17) is 0 Å². The molecule has 1 saturated carbocycles. The molecule has 0 aromatic rings. The molecule has 0 aromatic heterocycles. The molecule has 12 heavy (non-hydrogen) atoms.